The maximum absolute atomic E-state index is 11.9. The zero-order valence-corrected chi connectivity index (χ0v) is 13.3. The van der Waals surface area contributed by atoms with Crippen LogP contribution in [0.15, 0.2) is 18.2 Å². The molecule has 1 aromatic rings. The fourth-order valence-corrected chi connectivity index (χ4v) is 3.14. The van der Waals surface area contributed by atoms with E-state index in [-0.39, 0.29) is 11.8 Å². The van der Waals surface area contributed by atoms with E-state index in [0.717, 1.165) is 12.0 Å². The van der Waals surface area contributed by atoms with Gasteiger partial charge in [0.2, 0.25) is 10.0 Å². The molecule has 0 aliphatic carbocycles. The quantitative estimate of drug-likeness (QED) is 0.797. The number of nitrogens with one attached hydrogen (secondary N) is 1. The summed E-state index contributed by atoms with van der Waals surface area (Å²) >= 11 is 0. The van der Waals surface area contributed by atoms with Crippen LogP contribution in [0.5, 0.6) is 11.5 Å². The smallest absolute Gasteiger partial charge is 0.212 e. The number of sulfonamides is 1. The SMILES string of the molecule is CCC(C)NS(=O)(=O)CCc1ccc(OC)c(OC)c1. The highest BCUT2D eigenvalue weighted by atomic mass is 32.2. The molecule has 6 heteroatoms. The van der Waals surface area contributed by atoms with Gasteiger partial charge in [-0.25, -0.2) is 13.1 Å². The molecule has 20 heavy (non-hydrogen) atoms. The van der Waals surface area contributed by atoms with Crippen molar-refractivity contribution in [1.29, 1.82) is 0 Å². The molecule has 1 aromatic carbocycles. The maximum atomic E-state index is 11.9. The van der Waals surface area contributed by atoms with Crippen LogP contribution in [0.25, 0.3) is 0 Å². The molecule has 0 saturated carbocycles. The van der Waals surface area contributed by atoms with Crippen LogP contribution < -0.4 is 14.2 Å². The van der Waals surface area contributed by atoms with E-state index in [1.54, 1.807) is 26.4 Å². The van der Waals surface area contributed by atoms with Crippen molar-refractivity contribution in [3.8, 4) is 11.5 Å². The Morgan fingerprint density at radius 1 is 1.20 bits per heavy atom. The number of hydrogen-bond acceptors (Lipinski definition) is 4. The Labute approximate surface area is 121 Å². The van der Waals surface area contributed by atoms with Crippen LogP contribution in [-0.2, 0) is 16.4 Å². The minimum atomic E-state index is -3.25. The standard InChI is InChI=1S/C14H23NO4S/c1-5-11(2)15-20(16,17)9-8-12-6-7-13(18-3)14(10-12)19-4/h6-7,10-11,15H,5,8-9H2,1-4H3. The lowest BCUT2D eigenvalue weighted by atomic mass is 10.1. The molecule has 0 aromatic heterocycles. The first kappa shape index (κ1) is 16.8. The van der Waals surface area contributed by atoms with Crippen molar-refractivity contribution in [1.82, 2.24) is 4.72 Å². The van der Waals surface area contributed by atoms with Gasteiger partial charge in [-0.3, -0.25) is 0 Å². The molecular formula is C14H23NO4S. The Bertz CT molecular complexity index is 528. The minimum absolute atomic E-state index is 0.0367. The molecule has 1 atom stereocenters. The summed E-state index contributed by atoms with van der Waals surface area (Å²) in [6.45, 7) is 3.80. The third-order valence-electron chi connectivity index (χ3n) is 3.10. The highest BCUT2D eigenvalue weighted by molar-refractivity contribution is 7.89. The highest BCUT2D eigenvalue weighted by Gasteiger charge is 2.14. The third-order valence-corrected chi connectivity index (χ3v) is 4.60. The summed E-state index contributed by atoms with van der Waals surface area (Å²) in [5.74, 6) is 1.31. The molecule has 5 nitrogen and oxygen atoms in total. The van der Waals surface area contributed by atoms with Gasteiger partial charge in [-0.05, 0) is 37.5 Å². The monoisotopic (exact) mass is 301 g/mol. The minimum Gasteiger partial charge on any atom is -0.493 e. The molecule has 0 saturated heterocycles. The van der Waals surface area contributed by atoms with E-state index in [4.69, 9.17) is 9.47 Å². The fraction of sp³-hybridized carbons (Fsp3) is 0.571. The predicted molar refractivity (Wildman–Crippen MR) is 79.9 cm³/mol. The van der Waals surface area contributed by atoms with Gasteiger partial charge in [0, 0.05) is 6.04 Å². The zero-order chi connectivity index (χ0) is 15.2. The molecule has 0 aliphatic rings. The van der Waals surface area contributed by atoms with Crippen molar-refractivity contribution >= 4 is 10.0 Å². The van der Waals surface area contributed by atoms with Crippen LogP contribution in [0.3, 0.4) is 0 Å². The molecule has 0 aliphatic heterocycles. The number of rotatable bonds is 8. The summed E-state index contributed by atoms with van der Waals surface area (Å²) in [5.41, 5.74) is 0.900. The summed E-state index contributed by atoms with van der Waals surface area (Å²) in [6.07, 6.45) is 1.21. The van der Waals surface area contributed by atoms with Gasteiger partial charge in [0.15, 0.2) is 11.5 Å². The Kier molecular flexibility index (Phi) is 6.29. The summed E-state index contributed by atoms with van der Waals surface area (Å²) in [7, 11) is -0.123. The summed E-state index contributed by atoms with van der Waals surface area (Å²) in [5, 5.41) is 0. The van der Waals surface area contributed by atoms with Crippen LogP contribution in [0, 0.1) is 0 Å². The zero-order valence-electron chi connectivity index (χ0n) is 12.5. The topological polar surface area (TPSA) is 64.6 Å². The lowest BCUT2D eigenvalue weighted by Crippen LogP contribution is -2.34. The van der Waals surface area contributed by atoms with Gasteiger partial charge in [0.05, 0.1) is 20.0 Å². The van der Waals surface area contributed by atoms with Crippen LogP contribution >= 0.6 is 0 Å². The van der Waals surface area contributed by atoms with Crippen LogP contribution in [0.4, 0.5) is 0 Å². The molecule has 0 radical (unpaired) electrons. The summed E-state index contributed by atoms with van der Waals surface area (Å²) in [6, 6.07) is 5.39. The first-order valence-corrected chi connectivity index (χ1v) is 8.28. The van der Waals surface area contributed by atoms with Crippen molar-refractivity contribution in [2.45, 2.75) is 32.7 Å². The number of aryl methyl sites for hydroxylation is 1. The van der Waals surface area contributed by atoms with Crippen LogP contribution in [-0.4, -0.2) is 34.4 Å². The lowest BCUT2D eigenvalue weighted by molar-refractivity contribution is 0.354. The first-order valence-electron chi connectivity index (χ1n) is 6.62. The Morgan fingerprint density at radius 2 is 1.85 bits per heavy atom. The van der Waals surface area contributed by atoms with Gasteiger partial charge in [-0.15, -0.1) is 0 Å². The Balaban J connectivity index is 2.70. The maximum Gasteiger partial charge on any atom is 0.212 e. The van der Waals surface area contributed by atoms with Gasteiger partial charge in [-0.1, -0.05) is 13.0 Å². The number of hydrogen-bond donors (Lipinski definition) is 1. The van der Waals surface area contributed by atoms with Crippen molar-refractivity contribution in [3.05, 3.63) is 23.8 Å². The van der Waals surface area contributed by atoms with Crippen molar-refractivity contribution < 1.29 is 17.9 Å². The second kappa shape index (κ2) is 7.50. The molecular weight excluding hydrogens is 278 g/mol. The average molecular weight is 301 g/mol. The van der Waals surface area contributed by atoms with E-state index in [1.807, 2.05) is 19.9 Å². The molecule has 0 fully saturated rings. The second-order valence-electron chi connectivity index (χ2n) is 4.69. The number of benzene rings is 1. The normalized spacial score (nSPS) is 13.0. The Hall–Kier alpha value is -1.27. The number of ether oxygens (including phenoxy) is 2. The molecule has 0 spiro atoms. The van der Waals surface area contributed by atoms with Crippen molar-refractivity contribution in [2.24, 2.45) is 0 Å². The molecule has 1 rings (SSSR count). The highest BCUT2D eigenvalue weighted by Crippen LogP contribution is 2.27. The fourth-order valence-electron chi connectivity index (χ4n) is 1.74. The van der Waals surface area contributed by atoms with E-state index in [9.17, 15) is 8.42 Å². The van der Waals surface area contributed by atoms with Crippen LogP contribution in [0.1, 0.15) is 25.8 Å². The average Bonchev–Trinajstić information content (AvgIpc) is 2.44. The molecule has 0 heterocycles. The van der Waals surface area contributed by atoms with E-state index in [0.29, 0.717) is 17.9 Å². The molecule has 1 N–H and O–H groups in total. The van der Waals surface area contributed by atoms with Gasteiger partial charge >= 0.3 is 0 Å². The molecule has 114 valence electrons. The van der Waals surface area contributed by atoms with Crippen molar-refractivity contribution in [3.63, 3.8) is 0 Å². The number of methoxy groups -OCH3 is 2. The van der Waals surface area contributed by atoms with Gasteiger partial charge in [-0.2, -0.15) is 0 Å². The second-order valence-corrected chi connectivity index (χ2v) is 6.56. The molecule has 0 bridgehead atoms. The summed E-state index contributed by atoms with van der Waals surface area (Å²) in [4.78, 5) is 0. The molecule has 1 unspecified atom stereocenters. The van der Waals surface area contributed by atoms with Gasteiger partial charge in [0.1, 0.15) is 0 Å². The van der Waals surface area contributed by atoms with E-state index in [1.165, 1.54) is 0 Å². The van der Waals surface area contributed by atoms with E-state index < -0.39 is 10.0 Å². The van der Waals surface area contributed by atoms with E-state index >= 15 is 0 Å². The van der Waals surface area contributed by atoms with Crippen molar-refractivity contribution in [2.75, 3.05) is 20.0 Å². The third kappa shape index (κ3) is 5.02. The van der Waals surface area contributed by atoms with Crippen LogP contribution in [0.2, 0.25) is 0 Å². The lowest BCUT2D eigenvalue weighted by Gasteiger charge is -2.13. The largest absolute Gasteiger partial charge is 0.493 e. The van der Waals surface area contributed by atoms with Gasteiger partial charge in [0.25, 0.3) is 0 Å². The predicted octanol–water partition coefficient (Wildman–Crippen LogP) is 1.96. The van der Waals surface area contributed by atoms with E-state index in [2.05, 4.69) is 4.72 Å². The summed E-state index contributed by atoms with van der Waals surface area (Å²) < 4.78 is 36.8. The molecule has 0 amide bonds. The van der Waals surface area contributed by atoms with Gasteiger partial charge < -0.3 is 9.47 Å². The Morgan fingerprint density at radius 3 is 2.40 bits per heavy atom. The first-order chi connectivity index (χ1) is 9.41.